The van der Waals surface area contributed by atoms with E-state index in [1.54, 1.807) is 0 Å². The molecule has 60 heavy (non-hydrogen) atoms. The van der Waals surface area contributed by atoms with Crippen molar-refractivity contribution in [3.8, 4) is 106 Å². The molecule has 0 radical (unpaired) electrons. The summed E-state index contributed by atoms with van der Waals surface area (Å²) in [6.07, 6.45) is 0. The zero-order valence-electron chi connectivity index (χ0n) is 32.7. The third-order valence-corrected chi connectivity index (χ3v) is 11.9. The van der Waals surface area contributed by atoms with Crippen molar-refractivity contribution in [3.63, 3.8) is 0 Å². The highest BCUT2D eigenvalue weighted by atomic mass is 14.7. The molecule has 1 aliphatic rings. The molecular formula is C58H36N2. The molecule has 0 unspecified atom stereocenters. The van der Waals surface area contributed by atoms with E-state index in [0.717, 1.165) is 50.3 Å². The number of benzene rings is 9. The fraction of sp³-hybridized carbons (Fsp3) is 0. The van der Waals surface area contributed by atoms with Crippen LogP contribution < -0.4 is 0 Å². The van der Waals surface area contributed by atoms with Gasteiger partial charge in [-0.2, -0.15) is 5.26 Å². The maximum atomic E-state index is 9.54. The SMILES string of the molecule is N#Cc1ccc(-c2ccc3c4c(ccc(-c5ccc(-c6cc(-c7ccc(-c8ccccc8)cc7)nc(-c7ccc(-c8ccccc8)cc7)c6)cc5)c24)-c2ccccc2-3)cc1. The number of hydrogen-bond donors (Lipinski definition) is 0. The lowest BCUT2D eigenvalue weighted by Gasteiger charge is -2.16. The second kappa shape index (κ2) is 14.7. The summed E-state index contributed by atoms with van der Waals surface area (Å²) in [5, 5.41) is 12.0. The monoisotopic (exact) mass is 760 g/mol. The zero-order chi connectivity index (χ0) is 40.0. The average Bonchev–Trinajstić information content (AvgIpc) is 3.66. The van der Waals surface area contributed by atoms with Crippen LogP contribution in [0.2, 0.25) is 0 Å². The van der Waals surface area contributed by atoms with E-state index < -0.39 is 0 Å². The highest BCUT2D eigenvalue weighted by Gasteiger charge is 2.25. The molecule has 10 aromatic rings. The third kappa shape index (κ3) is 6.18. The second-order valence-corrected chi connectivity index (χ2v) is 15.4. The van der Waals surface area contributed by atoms with Crippen molar-refractivity contribution in [1.29, 1.82) is 5.26 Å². The van der Waals surface area contributed by atoms with Crippen LogP contribution in [0.3, 0.4) is 0 Å². The van der Waals surface area contributed by atoms with Crippen LogP contribution in [0.15, 0.2) is 218 Å². The van der Waals surface area contributed by atoms with Crippen LogP contribution in [0.5, 0.6) is 0 Å². The van der Waals surface area contributed by atoms with Crippen molar-refractivity contribution in [2.24, 2.45) is 0 Å². The number of aromatic nitrogens is 1. The van der Waals surface area contributed by atoms with E-state index in [0.29, 0.717) is 5.56 Å². The summed E-state index contributed by atoms with van der Waals surface area (Å²) in [5.41, 5.74) is 21.3. The predicted octanol–water partition coefficient (Wildman–Crippen LogP) is 15.4. The molecule has 0 aliphatic heterocycles. The molecular weight excluding hydrogens is 725 g/mol. The van der Waals surface area contributed by atoms with Crippen molar-refractivity contribution < 1.29 is 0 Å². The van der Waals surface area contributed by atoms with Crippen molar-refractivity contribution in [2.75, 3.05) is 0 Å². The minimum absolute atomic E-state index is 0.656. The lowest BCUT2D eigenvalue weighted by Crippen LogP contribution is -1.92. The summed E-state index contributed by atoms with van der Waals surface area (Å²) in [7, 11) is 0. The van der Waals surface area contributed by atoms with Crippen LogP contribution in [-0.4, -0.2) is 4.98 Å². The predicted molar refractivity (Wildman–Crippen MR) is 249 cm³/mol. The first-order chi connectivity index (χ1) is 29.7. The van der Waals surface area contributed by atoms with Gasteiger partial charge in [0, 0.05) is 11.1 Å². The molecule has 278 valence electrons. The van der Waals surface area contributed by atoms with Crippen LogP contribution in [0.25, 0.3) is 111 Å². The molecule has 0 fully saturated rings. The summed E-state index contributed by atoms with van der Waals surface area (Å²) < 4.78 is 0. The van der Waals surface area contributed by atoms with Gasteiger partial charge >= 0.3 is 0 Å². The molecule has 1 heterocycles. The molecule has 0 amide bonds. The Balaban J connectivity index is 1.02. The molecule has 0 bridgehead atoms. The molecule has 1 aliphatic carbocycles. The zero-order valence-corrected chi connectivity index (χ0v) is 32.7. The molecule has 11 rings (SSSR count). The largest absolute Gasteiger partial charge is 0.248 e. The summed E-state index contributed by atoms with van der Waals surface area (Å²) in [6.45, 7) is 0. The molecule has 0 N–H and O–H groups in total. The van der Waals surface area contributed by atoms with Gasteiger partial charge in [-0.05, 0) is 113 Å². The van der Waals surface area contributed by atoms with E-state index in [1.165, 1.54) is 60.8 Å². The Morgan fingerprint density at radius 1 is 0.267 bits per heavy atom. The van der Waals surface area contributed by atoms with Gasteiger partial charge in [-0.1, -0.05) is 194 Å². The summed E-state index contributed by atoms with van der Waals surface area (Å²) in [4.78, 5) is 5.27. The first-order valence-corrected chi connectivity index (χ1v) is 20.3. The Morgan fingerprint density at radius 3 is 1.05 bits per heavy atom. The van der Waals surface area contributed by atoms with Gasteiger partial charge < -0.3 is 0 Å². The van der Waals surface area contributed by atoms with E-state index >= 15 is 0 Å². The molecule has 0 spiro atoms. The number of pyridine rings is 1. The summed E-state index contributed by atoms with van der Waals surface area (Å²) in [5.74, 6) is 0. The molecule has 2 heteroatoms. The molecule has 0 saturated heterocycles. The van der Waals surface area contributed by atoms with Gasteiger partial charge in [0.25, 0.3) is 0 Å². The smallest absolute Gasteiger partial charge is 0.0991 e. The number of fused-ring (bicyclic) bond motifs is 3. The van der Waals surface area contributed by atoms with Gasteiger partial charge in [-0.15, -0.1) is 0 Å². The maximum absolute atomic E-state index is 9.54. The van der Waals surface area contributed by atoms with E-state index in [-0.39, 0.29) is 0 Å². The van der Waals surface area contributed by atoms with Gasteiger partial charge in [0.2, 0.25) is 0 Å². The average molecular weight is 761 g/mol. The van der Waals surface area contributed by atoms with E-state index in [4.69, 9.17) is 4.98 Å². The summed E-state index contributed by atoms with van der Waals surface area (Å²) in [6, 6.07) is 79.9. The highest BCUT2D eigenvalue weighted by Crippen LogP contribution is 2.52. The molecule has 2 nitrogen and oxygen atoms in total. The van der Waals surface area contributed by atoms with E-state index in [2.05, 4.69) is 200 Å². The fourth-order valence-electron chi connectivity index (χ4n) is 8.87. The van der Waals surface area contributed by atoms with Gasteiger partial charge in [-0.3, -0.25) is 0 Å². The topological polar surface area (TPSA) is 36.7 Å². The Hall–Kier alpha value is -8.12. The van der Waals surface area contributed by atoms with Gasteiger partial charge in [0.15, 0.2) is 0 Å². The maximum Gasteiger partial charge on any atom is 0.0991 e. The van der Waals surface area contributed by atoms with Crippen LogP contribution >= 0.6 is 0 Å². The third-order valence-electron chi connectivity index (χ3n) is 11.9. The number of nitrogens with zero attached hydrogens (tertiary/aromatic N) is 2. The standard InChI is InChI=1S/C58H36N2/c59-37-38-15-17-44(18-16-38)49-31-33-53-51-13-7-8-14-52(51)54-34-32-50(57(49)58(53)54)45-25-19-43(20-26-45)48-35-55(46-27-21-41(22-28-46)39-9-3-1-4-10-39)60-56(36-48)47-29-23-42(24-30-47)40-11-5-2-6-12-40/h1-36H. The Labute approximate surface area is 350 Å². The van der Waals surface area contributed by atoms with Crippen molar-refractivity contribution in [3.05, 3.63) is 224 Å². The van der Waals surface area contributed by atoms with Gasteiger partial charge in [0.1, 0.15) is 0 Å². The van der Waals surface area contributed by atoms with E-state index in [1.807, 2.05) is 24.3 Å². The van der Waals surface area contributed by atoms with Crippen molar-refractivity contribution >= 4 is 10.8 Å². The van der Waals surface area contributed by atoms with Crippen molar-refractivity contribution in [2.45, 2.75) is 0 Å². The van der Waals surface area contributed by atoms with Crippen LogP contribution in [0.1, 0.15) is 5.56 Å². The number of rotatable bonds is 7. The number of nitriles is 1. The Bertz CT molecular complexity index is 3120. The quantitative estimate of drug-likeness (QED) is 0.162. The Kier molecular flexibility index (Phi) is 8.58. The highest BCUT2D eigenvalue weighted by molar-refractivity contribution is 6.22. The summed E-state index contributed by atoms with van der Waals surface area (Å²) >= 11 is 0. The van der Waals surface area contributed by atoms with Crippen LogP contribution in [0.4, 0.5) is 0 Å². The molecule has 1 aromatic heterocycles. The lowest BCUT2D eigenvalue weighted by atomic mass is 9.88. The lowest BCUT2D eigenvalue weighted by molar-refractivity contribution is 1.32. The normalized spacial score (nSPS) is 11.3. The molecule has 0 saturated carbocycles. The van der Waals surface area contributed by atoms with Crippen LogP contribution in [-0.2, 0) is 0 Å². The Morgan fingerprint density at radius 2 is 0.600 bits per heavy atom. The van der Waals surface area contributed by atoms with Crippen molar-refractivity contribution in [1.82, 2.24) is 4.98 Å². The molecule has 0 atom stereocenters. The second-order valence-electron chi connectivity index (χ2n) is 15.4. The fourth-order valence-corrected chi connectivity index (χ4v) is 8.87. The van der Waals surface area contributed by atoms with E-state index in [9.17, 15) is 5.26 Å². The first kappa shape index (κ1) is 35.1. The van der Waals surface area contributed by atoms with Gasteiger partial charge in [-0.25, -0.2) is 4.98 Å². The van der Waals surface area contributed by atoms with Crippen LogP contribution in [0, 0.1) is 11.3 Å². The minimum Gasteiger partial charge on any atom is -0.248 e. The van der Waals surface area contributed by atoms with Gasteiger partial charge in [0.05, 0.1) is 23.0 Å². The molecule has 9 aromatic carbocycles. The minimum atomic E-state index is 0.656. The first-order valence-electron chi connectivity index (χ1n) is 20.3. The number of hydrogen-bond acceptors (Lipinski definition) is 2.